The summed E-state index contributed by atoms with van der Waals surface area (Å²) < 4.78 is 5.66. The van der Waals surface area contributed by atoms with Crippen molar-refractivity contribution in [1.82, 2.24) is 10.6 Å². The fourth-order valence-corrected chi connectivity index (χ4v) is 3.86. The number of carbonyl (C=O) groups is 1. The number of thioether (sulfide) groups is 1. The molecule has 2 heterocycles. The van der Waals surface area contributed by atoms with E-state index in [-0.39, 0.29) is 5.91 Å². The number of rotatable bonds is 4. The lowest BCUT2D eigenvalue weighted by atomic mass is 9.93. The summed E-state index contributed by atoms with van der Waals surface area (Å²) in [5.41, 5.74) is 1.22. The van der Waals surface area contributed by atoms with Crippen molar-refractivity contribution in [3.8, 4) is 5.75 Å². The number of carbonyl (C=O) groups excluding carboxylic acids is 1. The van der Waals surface area contributed by atoms with Gasteiger partial charge in [-0.2, -0.15) is 11.8 Å². The minimum absolute atomic E-state index is 0.152. The van der Waals surface area contributed by atoms with E-state index in [0.717, 1.165) is 36.8 Å². The Morgan fingerprint density at radius 2 is 2.33 bits per heavy atom. The molecule has 0 radical (unpaired) electrons. The second-order valence-corrected chi connectivity index (χ2v) is 6.76. The van der Waals surface area contributed by atoms with Crippen molar-refractivity contribution < 1.29 is 9.53 Å². The largest absolute Gasteiger partial charge is 0.493 e. The number of amides is 1. The number of benzene rings is 1. The van der Waals surface area contributed by atoms with E-state index in [1.807, 2.05) is 30.0 Å². The van der Waals surface area contributed by atoms with Crippen LogP contribution < -0.4 is 15.4 Å². The number of hydrogen-bond acceptors (Lipinski definition) is 4. The van der Waals surface area contributed by atoms with E-state index in [4.69, 9.17) is 4.74 Å². The summed E-state index contributed by atoms with van der Waals surface area (Å²) in [5, 5.41) is 6.50. The molecule has 1 aromatic rings. The normalized spacial score (nSPS) is 24.8. The van der Waals surface area contributed by atoms with Gasteiger partial charge in [-0.1, -0.05) is 18.2 Å². The first-order valence-corrected chi connectivity index (χ1v) is 8.78. The van der Waals surface area contributed by atoms with E-state index in [1.54, 1.807) is 0 Å². The van der Waals surface area contributed by atoms with Crippen LogP contribution in [-0.4, -0.2) is 43.2 Å². The Hall–Kier alpha value is -1.20. The maximum Gasteiger partial charge on any atom is 0.221 e. The monoisotopic (exact) mass is 306 g/mol. The molecule has 21 heavy (non-hydrogen) atoms. The quantitative estimate of drug-likeness (QED) is 0.890. The predicted molar refractivity (Wildman–Crippen MR) is 86.0 cm³/mol. The zero-order valence-electron chi connectivity index (χ0n) is 12.1. The summed E-state index contributed by atoms with van der Waals surface area (Å²) in [4.78, 5) is 12.1. The van der Waals surface area contributed by atoms with Gasteiger partial charge in [0.2, 0.25) is 5.91 Å². The maximum atomic E-state index is 12.1. The number of ether oxygens (including phenoxy) is 1. The summed E-state index contributed by atoms with van der Waals surface area (Å²) in [6.07, 6.45) is 1.55. The van der Waals surface area contributed by atoms with Gasteiger partial charge in [-0.15, -0.1) is 0 Å². The molecule has 0 bridgehead atoms. The van der Waals surface area contributed by atoms with E-state index in [2.05, 4.69) is 16.7 Å². The van der Waals surface area contributed by atoms with Gasteiger partial charge in [0.15, 0.2) is 0 Å². The molecule has 0 saturated carbocycles. The first-order chi connectivity index (χ1) is 10.3. The molecule has 0 aromatic heterocycles. The topological polar surface area (TPSA) is 50.4 Å². The highest BCUT2D eigenvalue weighted by molar-refractivity contribution is 7.99. The summed E-state index contributed by atoms with van der Waals surface area (Å²) in [7, 11) is 0. The van der Waals surface area contributed by atoms with E-state index >= 15 is 0 Å². The number of para-hydroxylation sites is 1. The Morgan fingerprint density at radius 1 is 1.43 bits per heavy atom. The Labute approximate surface area is 130 Å². The van der Waals surface area contributed by atoms with Crippen molar-refractivity contribution >= 4 is 17.7 Å². The van der Waals surface area contributed by atoms with E-state index in [9.17, 15) is 4.79 Å². The summed E-state index contributed by atoms with van der Waals surface area (Å²) in [5.74, 6) is 3.67. The molecule has 2 N–H and O–H groups in total. The first-order valence-electron chi connectivity index (χ1n) is 7.62. The second-order valence-electron chi connectivity index (χ2n) is 5.61. The van der Waals surface area contributed by atoms with Crippen LogP contribution in [0.2, 0.25) is 0 Å². The lowest BCUT2D eigenvalue weighted by Crippen LogP contribution is -2.42. The number of fused-ring (bicyclic) bond motifs is 1. The summed E-state index contributed by atoms with van der Waals surface area (Å²) in [6, 6.07) is 8.46. The minimum atomic E-state index is 0.152. The van der Waals surface area contributed by atoms with Crippen LogP contribution in [0.15, 0.2) is 24.3 Å². The zero-order valence-corrected chi connectivity index (χ0v) is 13.0. The molecule has 1 saturated heterocycles. The van der Waals surface area contributed by atoms with E-state index < -0.39 is 0 Å². The van der Waals surface area contributed by atoms with E-state index in [1.165, 1.54) is 5.56 Å². The zero-order chi connectivity index (χ0) is 14.5. The first kappa shape index (κ1) is 14.7. The van der Waals surface area contributed by atoms with E-state index in [0.29, 0.717) is 24.9 Å². The second kappa shape index (κ2) is 7.18. The molecule has 0 aliphatic carbocycles. The molecular formula is C16H22N2O2S. The lowest BCUT2D eigenvalue weighted by molar-refractivity contribution is -0.121. The molecule has 1 fully saturated rings. The van der Waals surface area contributed by atoms with Crippen molar-refractivity contribution in [2.24, 2.45) is 0 Å². The SMILES string of the molecule is O=C(CC1CSCCN1)NCC1CCOc2ccccc21. The average molecular weight is 306 g/mol. The van der Waals surface area contributed by atoms with Gasteiger partial charge in [-0.3, -0.25) is 4.79 Å². The molecule has 1 amide bonds. The van der Waals surface area contributed by atoms with Crippen LogP contribution in [0.4, 0.5) is 0 Å². The highest BCUT2D eigenvalue weighted by atomic mass is 32.2. The molecule has 0 spiro atoms. The van der Waals surface area contributed by atoms with Crippen LogP contribution in [0.3, 0.4) is 0 Å². The summed E-state index contributed by atoms with van der Waals surface area (Å²) >= 11 is 1.92. The van der Waals surface area contributed by atoms with Crippen LogP contribution in [0.1, 0.15) is 24.3 Å². The number of hydrogen-bond donors (Lipinski definition) is 2. The Balaban J connectivity index is 1.50. The summed E-state index contributed by atoms with van der Waals surface area (Å²) in [6.45, 7) is 2.45. The fourth-order valence-electron chi connectivity index (χ4n) is 2.91. The smallest absolute Gasteiger partial charge is 0.221 e. The maximum absolute atomic E-state index is 12.1. The molecule has 2 atom stereocenters. The molecule has 114 valence electrons. The van der Waals surface area contributed by atoms with Crippen LogP contribution in [0.5, 0.6) is 5.75 Å². The van der Waals surface area contributed by atoms with Crippen molar-refractivity contribution in [3.05, 3.63) is 29.8 Å². The van der Waals surface area contributed by atoms with Gasteiger partial charge in [0.25, 0.3) is 0 Å². The average Bonchev–Trinajstić information content (AvgIpc) is 2.54. The highest BCUT2D eigenvalue weighted by Gasteiger charge is 2.22. The Bertz CT molecular complexity index is 489. The fraction of sp³-hybridized carbons (Fsp3) is 0.562. The van der Waals surface area contributed by atoms with Crippen LogP contribution >= 0.6 is 11.8 Å². The van der Waals surface area contributed by atoms with Gasteiger partial charge in [-0.05, 0) is 18.1 Å². The molecule has 2 unspecified atom stereocenters. The predicted octanol–water partition coefficient (Wildman–Crippen LogP) is 1.76. The molecule has 4 nitrogen and oxygen atoms in total. The third-order valence-corrected chi connectivity index (χ3v) is 5.19. The molecule has 3 rings (SSSR count). The number of nitrogens with one attached hydrogen (secondary N) is 2. The van der Waals surface area contributed by atoms with Gasteiger partial charge in [0, 0.05) is 43.0 Å². The van der Waals surface area contributed by atoms with Crippen LogP contribution in [-0.2, 0) is 4.79 Å². The van der Waals surface area contributed by atoms with Crippen molar-refractivity contribution in [1.29, 1.82) is 0 Å². The Morgan fingerprint density at radius 3 is 3.19 bits per heavy atom. The van der Waals surface area contributed by atoms with Gasteiger partial charge < -0.3 is 15.4 Å². The van der Waals surface area contributed by atoms with Crippen molar-refractivity contribution in [3.63, 3.8) is 0 Å². The standard InChI is InChI=1S/C16H22N2O2S/c19-16(9-13-11-21-8-6-17-13)18-10-12-5-7-20-15-4-2-1-3-14(12)15/h1-4,12-13,17H,5-11H2,(H,18,19). The molecule has 1 aromatic carbocycles. The lowest BCUT2D eigenvalue weighted by Gasteiger charge is -2.27. The Kier molecular flexibility index (Phi) is 5.04. The third kappa shape index (κ3) is 3.92. The minimum Gasteiger partial charge on any atom is -0.493 e. The molecule has 2 aliphatic heterocycles. The molecular weight excluding hydrogens is 284 g/mol. The van der Waals surface area contributed by atoms with Gasteiger partial charge in [-0.25, -0.2) is 0 Å². The third-order valence-electron chi connectivity index (χ3n) is 4.06. The van der Waals surface area contributed by atoms with Crippen molar-refractivity contribution in [2.75, 3.05) is 31.2 Å². The highest BCUT2D eigenvalue weighted by Crippen LogP contribution is 2.32. The van der Waals surface area contributed by atoms with Crippen molar-refractivity contribution in [2.45, 2.75) is 24.8 Å². The molecule has 5 heteroatoms. The van der Waals surface area contributed by atoms with Crippen LogP contribution in [0.25, 0.3) is 0 Å². The van der Waals surface area contributed by atoms with Crippen LogP contribution in [0, 0.1) is 0 Å². The van der Waals surface area contributed by atoms with Gasteiger partial charge in [0.05, 0.1) is 6.61 Å². The molecule has 2 aliphatic rings. The van der Waals surface area contributed by atoms with Gasteiger partial charge in [0.1, 0.15) is 5.75 Å². The van der Waals surface area contributed by atoms with Gasteiger partial charge >= 0.3 is 0 Å².